The molecule has 2 aliphatic rings. The molecule has 0 aliphatic carbocycles. The lowest BCUT2D eigenvalue weighted by Crippen LogP contribution is -2.62. The minimum absolute atomic E-state index is 0.288. The van der Waals surface area contributed by atoms with E-state index in [1.807, 2.05) is 0 Å². The quantitative estimate of drug-likeness (QED) is 0.469. The second kappa shape index (κ2) is 10.4. The molecule has 2 aliphatic heterocycles. The Morgan fingerprint density at radius 1 is 1.12 bits per heavy atom. The number of aliphatic hydroxyl groups is 1. The summed E-state index contributed by atoms with van der Waals surface area (Å²) in [6.45, 7) is 3.47. The zero-order valence-corrected chi connectivity index (χ0v) is 20.7. The highest BCUT2D eigenvalue weighted by atomic mass is 79.9. The van der Waals surface area contributed by atoms with Crippen LogP contribution in [0.4, 0.5) is 16.2 Å². The van der Waals surface area contributed by atoms with E-state index < -0.39 is 17.7 Å². The van der Waals surface area contributed by atoms with Gasteiger partial charge in [-0.15, -0.1) is 0 Å². The summed E-state index contributed by atoms with van der Waals surface area (Å²) in [4.78, 5) is 30.0. The Bertz CT molecular complexity index is 1010. The molecule has 1 fully saturated rings. The van der Waals surface area contributed by atoms with Gasteiger partial charge in [-0.2, -0.15) is 0 Å². The normalized spacial score (nSPS) is 21.2. The SMILES string of the molecule is O=C1Nc2ccc(Br)cc2C(O)(C(=O)NCCCN2CCCCCC2)N1c1ccc(Cl)cc1. The highest BCUT2D eigenvalue weighted by Gasteiger charge is 2.52. The van der Waals surface area contributed by atoms with Gasteiger partial charge in [0, 0.05) is 27.3 Å². The Labute approximate surface area is 207 Å². The van der Waals surface area contributed by atoms with Gasteiger partial charge < -0.3 is 20.6 Å². The second-order valence-corrected chi connectivity index (χ2v) is 9.82. The first-order chi connectivity index (χ1) is 15.9. The molecule has 2 aromatic carbocycles. The average molecular weight is 536 g/mol. The molecule has 7 nitrogen and oxygen atoms in total. The molecule has 2 heterocycles. The van der Waals surface area contributed by atoms with Crippen molar-refractivity contribution in [3.05, 3.63) is 57.5 Å². The summed E-state index contributed by atoms with van der Waals surface area (Å²) in [6, 6.07) is 10.9. The molecule has 0 spiro atoms. The number of carbonyl (C=O) groups is 2. The summed E-state index contributed by atoms with van der Waals surface area (Å²) >= 11 is 9.42. The van der Waals surface area contributed by atoms with Crippen molar-refractivity contribution in [3.63, 3.8) is 0 Å². The van der Waals surface area contributed by atoms with E-state index in [1.165, 1.54) is 25.7 Å². The number of carbonyl (C=O) groups excluding carboxylic acids is 2. The Kier molecular flexibility index (Phi) is 7.58. The Morgan fingerprint density at radius 3 is 2.52 bits per heavy atom. The van der Waals surface area contributed by atoms with Crippen LogP contribution >= 0.6 is 27.5 Å². The second-order valence-electron chi connectivity index (χ2n) is 8.47. The lowest BCUT2D eigenvalue weighted by Gasteiger charge is -2.42. The van der Waals surface area contributed by atoms with Crippen LogP contribution in [0.2, 0.25) is 5.02 Å². The molecule has 1 unspecified atom stereocenters. The molecule has 0 saturated carbocycles. The van der Waals surface area contributed by atoms with Crippen molar-refractivity contribution in [2.24, 2.45) is 0 Å². The first kappa shape index (κ1) is 24.0. The van der Waals surface area contributed by atoms with Crippen LogP contribution in [-0.4, -0.2) is 48.1 Å². The van der Waals surface area contributed by atoms with Gasteiger partial charge >= 0.3 is 6.03 Å². The van der Waals surface area contributed by atoms with Crippen LogP contribution in [0.25, 0.3) is 0 Å². The van der Waals surface area contributed by atoms with Gasteiger partial charge in [0.05, 0.1) is 5.69 Å². The topological polar surface area (TPSA) is 84.9 Å². The predicted octanol–water partition coefficient (Wildman–Crippen LogP) is 4.68. The first-order valence-electron chi connectivity index (χ1n) is 11.3. The molecule has 1 saturated heterocycles. The predicted molar refractivity (Wildman–Crippen MR) is 134 cm³/mol. The number of urea groups is 1. The molecule has 9 heteroatoms. The van der Waals surface area contributed by atoms with Gasteiger partial charge in [0.1, 0.15) is 0 Å². The molecule has 1 atom stereocenters. The highest BCUT2D eigenvalue weighted by Crippen LogP contribution is 2.41. The highest BCUT2D eigenvalue weighted by molar-refractivity contribution is 9.10. The van der Waals surface area contributed by atoms with Gasteiger partial charge in [-0.1, -0.05) is 40.4 Å². The van der Waals surface area contributed by atoms with E-state index >= 15 is 0 Å². The molecule has 4 rings (SSSR count). The number of halogens is 2. The minimum Gasteiger partial charge on any atom is -0.359 e. The summed E-state index contributed by atoms with van der Waals surface area (Å²) in [5.41, 5.74) is -1.20. The van der Waals surface area contributed by atoms with Gasteiger partial charge in [-0.05, 0) is 81.4 Å². The maximum absolute atomic E-state index is 13.5. The minimum atomic E-state index is -2.22. The smallest absolute Gasteiger partial charge is 0.329 e. The zero-order chi connectivity index (χ0) is 23.4. The van der Waals surface area contributed by atoms with Gasteiger partial charge in [0.15, 0.2) is 0 Å². The van der Waals surface area contributed by atoms with Crippen LogP contribution in [-0.2, 0) is 10.5 Å². The van der Waals surface area contributed by atoms with Gasteiger partial charge in [-0.3, -0.25) is 9.69 Å². The van der Waals surface area contributed by atoms with E-state index in [0.29, 0.717) is 27.4 Å². The molecule has 3 N–H and O–H groups in total. The number of amides is 3. The number of nitrogens with one attached hydrogen (secondary N) is 2. The molecule has 2 aromatic rings. The Hall–Kier alpha value is -2.13. The van der Waals surface area contributed by atoms with Crippen molar-refractivity contribution in [1.82, 2.24) is 10.2 Å². The van der Waals surface area contributed by atoms with E-state index in [-0.39, 0.29) is 5.56 Å². The summed E-state index contributed by atoms with van der Waals surface area (Å²) in [7, 11) is 0. The maximum Gasteiger partial charge on any atom is 0.329 e. The van der Waals surface area contributed by atoms with E-state index in [1.54, 1.807) is 42.5 Å². The molecule has 0 aromatic heterocycles. The van der Waals surface area contributed by atoms with Crippen molar-refractivity contribution < 1.29 is 14.7 Å². The van der Waals surface area contributed by atoms with Crippen LogP contribution in [0.3, 0.4) is 0 Å². The van der Waals surface area contributed by atoms with E-state index in [4.69, 9.17) is 11.6 Å². The van der Waals surface area contributed by atoms with E-state index in [0.717, 1.165) is 31.0 Å². The standard InChI is InChI=1S/C24H28BrClN4O3/c25-17-6-11-21-20(16-17)24(33,30(23(32)28-21)19-9-7-18(26)8-10-19)22(31)27-12-5-15-29-13-3-1-2-4-14-29/h6-11,16,33H,1-5,12-15H2,(H,27,31)(H,28,32). The van der Waals surface area contributed by atoms with E-state index in [2.05, 4.69) is 31.5 Å². The fraction of sp³-hybridized carbons (Fsp3) is 0.417. The molecule has 0 radical (unpaired) electrons. The molecule has 176 valence electrons. The Balaban J connectivity index is 1.57. The number of hydrogen-bond donors (Lipinski definition) is 3. The van der Waals surface area contributed by atoms with Crippen LogP contribution in [0, 0.1) is 0 Å². The fourth-order valence-electron chi connectivity index (χ4n) is 4.46. The molecule has 3 amide bonds. The Morgan fingerprint density at radius 2 is 1.82 bits per heavy atom. The number of hydrogen-bond acceptors (Lipinski definition) is 4. The van der Waals surface area contributed by atoms with Crippen molar-refractivity contribution in [2.45, 2.75) is 37.8 Å². The monoisotopic (exact) mass is 534 g/mol. The molecule has 33 heavy (non-hydrogen) atoms. The summed E-state index contributed by atoms with van der Waals surface area (Å²) in [5.74, 6) is -0.650. The summed E-state index contributed by atoms with van der Waals surface area (Å²) in [5, 5.41) is 18.0. The van der Waals surface area contributed by atoms with Gasteiger partial charge in [0.2, 0.25) is 0 Å². The van der Waals surface area contributed by atoms with Crippen molar-refractivity contribution in [3.8, 4) is 0 Å². The lowest BCUT2D eigenvalue weighted by molar-refractivity contribution is -0.140. The third-order valence-electron chi connectivity index (χ3n) is 6.16. The average Bonchev–Trinajstić information content (AvgIpc) is 3.07. The summed E-state index contributed by atoms with van der Waals surface area (Å²) < 4.78 is 0.681. The third kappa shape index (κ3) is 5.19. The van der Waals surface area contributed by atoms with Crippen molar-refractivity contribution in [1.29, 1.82) is 0 Å². The summed E-state index contributed by atoms with van der Waals surface area (Å²) in [6.07, 6.45) is 5.74. The van der Waals surface area contributed by atoms with Crippen LogP contribution < -0.4 is 15.5 Å². The fourth-order valence-corrected chi connectivity index (χ4v) is 4.95. The number of fused-ring (bicyclic) bond motifs is 1. The first-order valence-corrected chi connectivity index (χ1v) is 12.5. The number of nitrogens with zero attached hydrogens (tertiary/aromatic N) is 2. The van der Waals surface area contributed by atoms with E-state index in [9.17, 15) is 14.7 Å². The number of benzene rings is 2. The zero-order valence-electron chi connectivity index (χ0n) is 18.3. The maximum atomic E-state index is 13.5. The van der Waals surface area contributed by atoms with Crippen molar-refractivity contribution >= 4 is 50.8 Å². The molecular formula is C24H28BrClN4O3. The van der Waals surface area contributed by atoms with Gasteiger partial charge in [-0.25, -0.2) is 4.79 Å². The van der Waals surface area contributed by atoms with Crippen molar-refractivity contribution in [2.75, 3.05) is 36.4 Å². The number of rotatable bonds is 6. The van der Waals surface area contributed by atoms with Crippen LogP contribution in [0.15, 0.2) is 46.9 Å². The largest absolute Gasteiger partial charge is 0.359 e. The third-order valence-corrected chi connectivity index (χ3v) is 6.91. The lowest BCUT2D eigenvalue weighted by atomic mass is 9.94. The molecular weight excluding hydrogens is 508 g/mol. The molecule has 0 bridgehead atoms. The number of likely N-dealkylation sites (tertiary alicyclic amines) is 1. The number of anilines is 2. The van der Waals surface area contributed by atoms with Gasteiger partial charge in [0.25, 0.3) is 11.6 Å². The van der Waals surface area contributed by atoms with Crippen LogP contribution in [0.1, 0.15) is 37.7 Å². The van der Waals surface area contributed by atoms with Crippen LogP contribution in [0.5, 0.6) is 0 Å².